The lowest BCUT2D eigenvalue weighted by atomic mass is 9.86. The molecule has 0 bridgehead atoms. The van der Waals surface area contributed by atoms with E-state index >= 15 is 0 Å². The SMILES string of the molecule is CC(NC(=O)C(C)(C)Oc1cc(C(F)(F)F)ccn1)C(Cc1ccc(Cl)cc1)c1cccc(P)c1. The highest BCUT2D eigenvalue weighted by atomic mass is 35.5. The van der Waals surface area contributed by atoms with Crippen LogP contribution < -0.4 is 15.4 Å². The second-order valence-electron chi connectivity index (χ2n) is 8.86. The lowest BCUT2D eigenvalue weighted by molar-refractivity contribution is -0.138. The Morgan fingerprint density at radius 3 is 2.43 bits per heavy atom. The van der Waals surface area contributed by atoms with Gasteiger partial charge in [-0.15, -0.1) is 9.24 Å². The highest BCUT2D eigenvalue weighted by Gasteiger charge is 2.35. The van der Waals surface area contributed by atoms with Gasteiger partial charge in [0.25, 0.3) is 5.91 Å². The summed E-state index contributed by atoms with van der Waals surface area (Å²) in [5.41, 5.74) is -0.261. The van der Waals surface area contributed by atoms with E-state index in [1.54, 1.807) is 0 Å². The van der Waals surface area contributed by atoms with Crippen molar-refractivity contribution >= 4 is 32.1 Å². The Kier molecular flexibility index (Phi) is 8.45. The zero-order chi connectivity index (χ0) is 25.8. The Labute approximate surface area is 210 Å². The molecule has 0 aliphatic rings. The maximum absolute atomic E-state index is 13.2. The molecule has 35 heavy (non-hydrogen) atoms. The fraction of sp³-hybridized carbons (Fsp3) is 0.308. The number of hydrogen-bond donors (Lipinski definition) is 1. The minimum Gasteiger partial charge on any atom is -0.462 e. The molecule has 1 N–H and O–H groups in total. The molecule has 3 rings (SSSR count). The smallest absolute Gasteiger partial charge is 0.416 e. The van der Waals surface area contributed by atoms with Crippen LogP contribution in [0.15, 0.2) is 66.9 Å². The molecule has 0 aliphatic heterocycles. The van der Waals surface area contributed by atoms with Gasteiger partial charge in [0.2, 0.25) is 5.88 Å². The van der Waals surface area contributed by atoms with Gasteiger partial charge in [0.15, 0.2) is 5.60 Å². The molecular formula is C26H27ClF3N2O2P. The van der Waals surface area contributed by atoms with Crippen LogP contribution in [0.4, 0.5) is 13.2 Å². The molecule has 2 aromatic carbocycles. The summed E-state index contributed by atoms with van der Waals surface area (Å²) in [6.45, 7) is 4.88. The van der Waals surface area contributed by atoms with Gasteiger partial charge in [-0.3, -0.25) is 4.79 Å². The maximum atomic E-state index is 13.2. The van der Waals surface area contributed by atoms with Crippen LogP contribution in [0.2, 0.25) is 5.02 Å². The predicted molar refractivity (Wildman–Crippen MR) is 135 cm³/mol. The fourth-order valence-corrected chi connectivity index (χ4v) is 4.11. The quantitative estimate of drug-likeness (QED) is 0.372. The first-order chi connectivity index (χ1) is 16.3. The first-order valence-electron chi connectivity index (χ1n) is 11.0. The van der Waals surface area contributed by atoms with Crippen molar-refractivity contribution in [3.63, 3.8) is 0 Å². The van der Waals surface area contributed by atoms with Crippen molar-refractivity contribution in [2.45, 2.75) is 50.9 Å². The van der Waals surface area contributed by atoms with Crippen molar-refractivity contribution in [3.05, 3.63) is 88.6 Å². The van der Waals surface area contributed by atoms with E-state index in [2.05, 4.69) is 19.5 Å². The third kappa shape index (κ3) is 7.42. The zero-order valence-corrected chi connectivity index (χ0v) is 21.5. The van der Waals surface area contributed by atoms with Crippen molar-refractivity contribution in [1.29, 1.82) is 0 Å². The van der Waals surface area contributed by atoms with Crippen LogP contribution in [0.5, 0.6) is 5.88 Å². The maximum Gasteiger partial charge on any atom is 0.416 e. The molecule has 0 spiro atoms. The van der Waals surface area contributed by atoms with Gasteiger partial charge >= 0.3 is 6.18 Å². The monoisotopic (exact) mass is 522 g/mol. The number of ether oxygens (including phenoxy) is 1. The minimum absolute atomic E-state index is 0.0805. The summed E-state index contributed by atoms with van der Waals surface area (Å²) < 4.78 is 44.7. The Morgan fingerprint density at radius 2 is 1.80 bits per heavy atom. The van der Waals surface area contributed by atoms with Gasteiger partial charge in [-0.1, -0.05) is 48.0 Å². The second kappa shape index (κ2) is 11.0. The van der Waals surface area contributed by atoms with Crippen molar-refractivity contribution in [1.82, 2.24) is 10.3 Å². The van der Waals surface area contributed by atoms with E-state index in [0.717, 1.165) is 34.8 Å². The number of halogens is 4. The fourth-order valence-electron chi connectivity index (χ4n) is 3.68. The van der Waals surface area contributed by atoms with E-state index in [1.165, 1.54) is 13.8 Å². The molecule has 0 radical (unpaired) electrons. The molecule has 1 aromatic heterocycles. The zero-order valence-electron chi connectivity index (χ0n) is 19.6. The van der Waals surface area contributed by atoms with Crippen LogP contribution in [0.3, 0.4) is 0 Å². The molecular weight excluding hydrogens is 496 g/mol. The first-order valence-corrected chi connectivity index (χ1v) is 11.9. The van der Waals surface area contributed by atoms with Gasteiger partial charge in [-0.2, -0.15) is 13.2 Å². The standard InChI is InChI=1S/C26H27ClF3N2O2P/c1-16(22(18-5-4-6-21(35)14-18)13-17-7-9-20(27)10-8-17)32-24(33)25(2,3)34-23-15-19(11-12-31-23)26(28,29)30/h4-12,14-16,22H,13,35H2,1-3H3,(H,32,33). The molecule has 0 fully saturated rings. The molecule has 4 nitrogen and oxygen atoms in total. The van der Waals surface area contributed by atoms with Crippen LogP contribution in [-0.4, -0.2) is 22.5 Å². The molecule has 1 heterocycles. The number of amides is 1. The number of hydrogen-bond acceptors (Lipinski definition) is 3. The first kappa shape index (κ1) is 27.0. The van der Waals surface area contributed by atoms with Crippen LogP contribution in [0.1, 0.15) is 43.4 Å². The van der Waals surface area contributed by atoms with Crippen molar-refractivity contribution < 1.29 is 22.7 Å². The van der Waals surface area contributed by atoms with E-state index in [9.17, 15) is 18.0 Å². The molecule has 186 valence electrons. The predicted octanol–water partition coefficient (Wildman–Crippen LogP) is 5.94. The average Bonchev–Trinajstić information content (AvgIpc) is 2.78. The van der Waals surface area contributed by atoms with Crippen molar-refractivity contribution in [3.8, 4) is 5.88 Å². The second-order valence-corrected chi connectivity index (χ2v) is 9.97. The highest BCUT2D eigenvalue weighted by Crippen LogP contribution is 2.31. The number of nitrogens with one attached hydrogen (secondary N) is 1. The molecule has 0 saturated carbocycles. The Hall–Kier alpha value is -2.63. The summed E-state index contributed by atoms with van der Waals surface area (Å²) in [5, 5.41) is 4.64. The lowest BCUT2D eigenvalue weighted by Crippen LogP contribution is -2.51. The summed E-state index contributed by atoms with van der Waals surface area (Å²) in [5.74, 6) is -0.823. The number of alkyl halides is 3. The van der Waals surface area contributed by atoms with Crippen LogP contribution in [0.25, 0.3) is 0 Å². The molecule has 9 heteroatoms. The summed E-state index contributed by atoms with van der Waals surface area (Å²) in [7, 11) is 2.67. The van der Waals surface area contributed by atoms with Gasteiger partial charge in [0, 0.05) is 29.2 Å². The van der Waals surface area contributed by atoms with Crippen molar-refractivity contribution in [2.75, 3.05) is 0 Å². The van der Waals surface area contributed by atoms with Gasteiger partial charge in [0.1, 0.15) is 0 Å². The molecule has 1 amide bonds. The van der Waals surface area contributed by atoms with Gasteiger partial charge in [-0.25, -0.2) is 4.98 Å². The highest BCUT2D eigenvalue weighted by molar-refractivity contribution is 7.27. The van der Waals surface area contributed by atoms with Crippen LogP contribution >= 0.6 is 20.8 Å². The van der Waals surface area contributed by atoms with Gasteiger partial charge < -0.3 is 10.1 Å². The van der Waals surface area contributed by atoms with Gasteiger partial charge in [0.05, 0.1) is 5.56 Å². The Morgan fingerprint density at radius 1 is 1.11 bits per heavy atom. The Bertz CT molecular complexity index is 1170. The van der Waals surface area contributed by atoms with E-state index in [1.807, 2.05) is 55.5 Å². The normalized spacial score (nSPS) is 13.7. The number of nitrogens with zero attached hydrogens (tertiary/aromatic N) is 1. The van der Waals surface area contributed by atoms with E-state index in [0.29, 0.717) is 11.4 Å². The average molecular weight is 523 g/mol. The minimum atomic E-state index is -4.54. The number of carbonyl (C=O) groups is 1. The van der Waals surface area contributed by atoms with E-state index < -0.39 is 23.2 Å². The molecule has 3 aromatic rings. The van der Waals surface area contributed by atoms with Gasteiger partial charge in [-0.05, 0) is 61.8 Å². The van der Waals surface area contributed by atoms with Crippen molar-refractivity contribution in [2.24, 2.45) is 0 Å². The molecule has 0 aliphatic carbocycles. The topological polar surface area (TPSA) is 51.2 Å². The third-order valence-electron chi connectivity index (χ3n) is 5.64. The molecule has 0 saturated heterocycles. The number of pyridine rings is 1. The van der Waals surface area contributed by atoms with E-state index in [-0.39, 0.29) is 17.8 Å². The number of benzene rings is 2. The summed E-state index contributed by atoms with van der Waals surface area (Å²) in [6, 6.07) is 16.8. The summed E-state index contributed by atoms with van der Waals surface area (Å²) in [4.78, 5) is 17.0. The Balaban J connectivity index is 1.79. The van der Waals surface area contributed by atoms with E-state index in [4.69, 9.17) is 16.3 Å². The van der Waals surface area contributed by atoms with Crippen LogP contribution in [-0.2, 0) is 17.4 Å². The lowest BCUT2D eigenvalue weighted by Gasteiger charge is -2.31. The molecule has 3 unspecified atom stereocenters. The largest absolute Gasteiger partial charge is 0.462 e. The number of aromatic nitrogens is 1. The molecule has 3 atom stereocenters. The summed E-state index contributed by atoms with van der Waals surface area (Å²) in [6.07, 6.45) is -2.89. The van der Waals surface area contributed by atoms with Crippen LogP contribution in [0, 0.1) is 0 Å². The number of carbonyl (C=O) groups excluding carboxylic acids is 1. The number of rotatable bonds is 8. The summed E-state index contributed by atoms with van der Waals surface area (Å²) >= 11 is 6.03. The third-order valence-corrected chi connectivity index (χ3v) is 6.25.